The van der Waals surface area contributed by atoms with Crippen molar-refractivity contribution in [2.24, 2.45) is 0 Å². The lowest BCUT2D eigenvalue weighted by atomic mass is 9.93. The van der Waals surface area contributed by atoms with Gasteiger partial charge in [0.1, 0.15) is 17.1 Å². The monoisotopic (exact) mass is 485 g/mol. The van der Waals surface area contributed by atoms with Gasteiger partial charge in [-0.05, 0) is 92.5 Å². The van der Waals surface area contributed by atoms with Gasteiger partial charge in [-0.25, -0.2) is 15.3 Å². The highest BCUT2D eigenvalue weighted by Crippen LogP contribution is 2.22. The summed E-state index contributed by atoms with van der Waals surface area (Å²) < 4.78 is 5.82. The molecule has 0 bridgehead atoms. The average molecular weight is 485 g/mol. The van der Waals surface area contributed by atoms with Crippen LogP contribution in [0, 0.1) is 20.8 Å². The third-order valence-electron chi connectivity index (χ3n) is 6.21. The zero-order valence-corrected chi connectivity index (χ0v) is 20.8. The highest BCUT2D eigenvalue weighted by molar-refractivity contribution is 6.53. The van der Waals surface area contributed by atoms with Gasteiger partial charge in [0, 0.05) is 18.6 Å². The van der Waals surface area contributed by atoms with Crippen molar-refractivity contribution in [3.8, 4) is 34.2 Å². The van der Waals surface area contributed by atoms with Gasteiger partial charge >= 0.3 is 0 Å². The van der Waals surface area contributed by atoms with E-state index in [-0.39, 0.29) is 0 Å². The molecule has 0 unspecified atom stereocenters. The van der Waals surface area contributed by atoms with Crippen LogP contribution in [0.25, 0.3) is 34.2 Å². The summed E-state index contributed by atoms with van der Waals surface area (Å²) in [7, 11) is -0.493. The summed E-state index contributed by atoms with van der Waals surface area (Å²) in [6, 6.07) is 23.5. The molecule has 6 heterocycles. The molecule has 0 amide bonds. The maximum atomic E-state index is 4.98. The summed E-state index contributed by atoms with van der Waals surface area (Å²) >= 11 is 0. The lowest BCUT2D eigenvalue weighted by Crippen LogP contribution is -2.45. The molecule has 0 fully saturated rings. The van der Waals surface area contributed by atoms with E-state index in [1.54, 1.807) is 18.6 Å². The quantitative estimate of drug-likeness (QED) is 0.327. The van der Waals surface area contributed by atoms with Crippen molar-refractivity contribution in [2.75, 3.05) is 0 Å². The Bertz CT molecular complexity index is 1460. The number of pyridine rings is 3. The summed E-state index contributed by atoms with van der Waals surface area (Å²) in [5.41, 5.74) is 7.63. The fraction of sp³-hybridized carbons (Fsp3) is 0.111. The average Bonchev–Trinajstić information content (AvgIpc) is 3.64. The highest BCUT2D eigenvalue weighted by atomic mass is 15.5. The molecule has 6 aromatic heterocycles. The third-order valence-corrected chi connectivity index (χ3v) is 6.21. The predicted octanol–water partition coefficient (Wildman–Crippen LogP) is 4.32. The Hall–Kier alpha value is -4.86. The van der Waals surface area contributed by atoms with E-state index >= 15 is 0 Å². The minimum Gasteiger partial charge on any atom is -0.422 e. The van der Waals surface area contributed by atoms with Gasteiger partial charge in [-0.2, -0.15) is 0 Å². The van der Waals surface area contributed by atoms with Crippen LogP contribution in [-0.4, -0.2) is 51.1 Å². The molecule has 0 aromatic carbocycles. The zero-order valence-electron chi connectivity index (χ0n) is 20.8. The van der Waals surface area contributed by atoms with E-state index in [0.717, 1.165) is 51.2 Å². The first-order valence-electron chi connectivity index (χ1n) is 12.0. The normalized spacial score (nSPS) is 11.4. The first-order valence-corrected chi connectivity index (χ1v) is 12.0. The van der Waals surface area contributed by atoms with Crippen molar-refractivity contribution in [1.29, 1.82) is 0 Å². The summed E-state index contributed by atoms with van der Waals surface area (Å²) in [6.07, 6.45) is 5.32. The molecule has 37 heavy (non-hydrogen) atoms. The fourth-order valence-corrected chi connectivity index (χ4v) is 4.39. The van der Waals surface area contributed by atoms with Gasteiger partial charge in [-0.3, -0.25) is 15.0 Å². The van der Waals surface area contributed by atoms with Gasteiger partial charge in [-0.1, -0.05) is 18.2 Å². The fourth-order valence-electron chi connectivity index (χ4n) is 4.39. The Labute approximate surface area is 214 Å². The molecule has 0 spiro atoms. The summed E-state index contributed by atoms with van der Waals surface area (Å²) in [5.74, 6) is 0. The maximum absolute atomic E-state index is 4.98. The molecule has 0 saturated heterocycles. The SMILES string of the molecule is Cc1cc(-c2ccccn2)nn1[B-](n1nc(-c2ccccn2)cc1C)n1nc(-c2ccccn2)cc1C. The molecular formula is C27H24BN9-. The van der Waals surface area contributed by atoms with Crippen LogP contribution in [0.3, 0.4) is 0 Å². The van der Waals surface area contributed by atoms with Gasteiger partial charge in [0.05, 0.1) is 17.1 Å². The van der Waals surface area contributed by atoms with Crippen molar-refractivity contribution in [1.82, 2.24) is 44.0 Å². The summed E-state index contributed by atoms with van der Waals surface area (Å²) in [5, 5.41) is 14.9. The second kappa shape index (κ2) is 9.31. The van der Waals surface area contributed by atoms with Crippen molar-refractivity contribution < 1.29 is 0 Å². The van der Waals surface area contributed by atoms with Crippen molar-refractivity contribution >= 4 is 7.12 Å². The molecular weight excluding hydrogens is 461 g/mol. The Kier molecular flexibility index (Phi) is 5.68. The molecule has 0 aliphatic carbocycles. The smallest absolute Gasteiger partial charge is 0.261 e. The van der Waals surface area contributed by atoms with Gasteiger partial charge in [0.15, 0.2) is 0 Å². The summed E-state index contributed by atoms with van der Waals surface area (Å²) in [4.78, 5) is 13.5. The van der Waals surface area contributed by atoms with Crippen LogP contribution >= 0.6 is 0 Å². The van der Waals surface area contributed by atoms with Crippen LogP contribution in [0.15, 0.2) is 91.4 Å². The second-order valence-electron chi connectivity index (χ2n) is 8.84. The van der Waals surface area contributed by atoms with E-state index in [4.69, 9.17) is 15.3 Å². The molecule has 6 rings (SSSR count). The largest absolute Gasteiger partial charge is 0.422 e. The molecule has 0 atom stereocenters. The molecule has 0 saturated carbocycles. The molecule has 1 radical (unpaired) electrons. The number of nitrogens with zero attached hydrogens (tertiary/aromatic N) is 9. The number of aromatic nitrogens is 9. The van der Waals surface area contributed by atoms with E-state index < -0.39 is 7.12 Å². The van der Waals surface area contributed by atoms with Gasteiger partial charge in [0.25, 0.3) is 7.12 Å². The molecule has 9 nitrogen and oxygen atoms in total. The van der Waals surface area contributed by atoms with Crippen LogP contribution in [0.5, 0.6) is 0 Å². The molecule has 10 heteroatoms. The van der Waals surface area contributed by atoms with E-state index in [1.807, 2.05) is 107 Å². The molecule has 6 aromatic rings. The third kappa shape index (κ3) is 4.22. The Morgan fingerprint density at radius 3 is 1.05 bits per heavy atom. The van der Waals surface area contributed by atoms with Crippen molar-refractivity contribution in [3.63, 3.8) is 0 Å². The van der Waals surface area contributed by atoms with Crippen LogP contribution < -0.4 is 0 Å². The first-order chi connectivity index (χ1) is 18.1. The standard InChI is InChI=1S/C27H24BN9/c1-19-16-25(22-10-4-7-13-29-22)32-35(19)28(36-20(2)17-26(33-36)23-11-5-8-14-30-23)37-21(3)18-27(34-37)24-12-6-9-15-31-24/h4-18H,1-3H3/q-1. The predicted molar refractivity (Wildman–Crippen MR) is 143 cm³/mol. The maximum Gasteiger partial charge on any atom is 0.261 e. The minimum absolute atomic E-state index is 0.493. The van der Waals surface area contributed by atoms with Gasteiger partial charge in [0.2, 0.25) is 0 Å². The number of aryl methyl sites for hydroxylation is 3. The minimum atomic E-state index is -0.493. The molecule has 181 valence electrons. The van der Waals surface area contributed by atoms with E-state index in [9.17, 15) is 0 Å². The number of rotatable bonds is 6. The van der Waals surface area contributed by atoms with E-state index in [1.165, 1.54) is 0 Å². The number of hydrogen-bond donors (Lipinski definition) is 0. The van der Waals surface area contributed by atoms with Gasteiger partial charge in [-0.15, -0.1) is 0 Å². The number of hydrogen-bond acceptors (Lipinski definition) is 6. The van der Waals surface area contributed by atoms with Crippen molar-refractivity contribution in [2.45, 2.75) is 20.8 Å². The Balaban J connectivity index is 1.53. The van der Waals surface area contributed by atoms with Gasteiger partial charge < -0.3 is 13.8 Å². The van der Waals surface area contributed by atoms with E-state index in [2.05, 4.69) is 15.0 Å². The highest BCUT2D eigenvalue weighted by Gasteiger charge is 2.20. The lowest BCUT2D eigenvalue weighted by Gasteiger charge is -2.33. The topological polar surface area (TPSA) is 92.1 Å². The van der Waals surface area contributed by atoms with E-state index in [0.29, 0.717) is 0 Å². The van der Waals surface area contributed by atoms with Crippen LogP contribution in [-0.2, 0) is 0 Å². The lowest BCUT2D eigenvalue weighted by molar-refractivity contribution is 0.742. The molecule has 0 aliphatic rings. The second-order valence-corrected chi connectivity index (χ2v) is 8.84. The van der Waals surface area contributed by atoms with Crippen LogP contribution in [0.2, 0.25) is 0 Å². The first kappa shape index (κ1) is 22.6. The molecule has 0 aliphatic heterocycles. The van der Waals surface area contributed by atoms with Crippen LogP contribution in [0.4, 0.5) is 0 Å². The Morgan fingerprint density at radius 1 is 0.459 bits per heavy atom. The summed E-state index contributed by atoms with van der Waals surface area (Å²) in [6.45, 7) is 6.09. The zero-order chi connectivity index (χ0) is 25.4. The Morgan fingerprint density at radius 2 is 0.784 bits per heavy atom. The van der Waals surface area contributed by atoms with Crippen molar-refractivity contribution in [3.05, 3.63) is 108 Å². The van der Waals surface area contributed by atoms with Crippen LogP contribution in [0.1, 0.15) is 17.1 Å². The molecule has 0 N–H and O–H groups in total.